The summed E-state index contributed by atoms with van der Waals surface area (Å²) in [7, 11) is -3.34. The van der Waals surface area contributed by atoms with Crippen molar-refractivity contribution in [1.82, 2.24) is 5.32 Å². The minimum absolute atomic E-state index is 0.317. The van der Waals surface area contributed by atoms with Crippen LogP contribution in [0.5, 0.6) is 0 Å². The first kappa shape index (κ1) is 31.3. The summed E-state index contributed by atoms with van der Waals surface area (Å²) in [6.07, 6.45) is -12.8. The molecule has 226 valence electrons. The quantitative estimate of drug-likeness (QED) is 0.244. The molecule has 1 aliphatic carbocycles. The van der Waals surface area contributed by atoms with Crippen LogP contribution >= 0.6 is 0 Å². The average Bonchev–Trinajstić information content (AvgIpc) is 3.67. The first-order valence-corrected chi connectivity index (χ1v) is 13.5. The Bertz CT molecular complexity index is 1550. The molecule has 4 rings (SSSR count). The number of amides is 1. The molecule has 1 aliphatic rings. The third-order valence-electron chi connectivity index (χ3n) is 7.15. The van der Waals surface area contributed by atoms with Crippen molar-refractivity contribution >= 4 is 15.7 Å². The first-order chi connectivity index (χ1) is 19.4. The number of alkyl halides is 6. The maximum atomic E-state index is 14.3. The third-order valence-corrected chi connectivity index (χ3v) is 9.69. The summed E-state index contributed by atoms with van der Waals surface area (Å²) in [5.41, 5.74) is -8.14. The highest BCUT2D eigenvalue weighted by Gasteiger charge is 2.74. The highest BCUT2D eigenvalue weighted by Crippen LogP contribution is 2.61. The monoisotopic (exact) mass is 625 g/mol. The second kappa shape index (κ2) is 10.6. The van der Waals surface area contributed by atoms with Crippen LogP contribution in [-0.2, 0) is 36.3 Å². The number of carbonyl (C=O) groups is 1. The van der Waals surface area contributed by atoms with Crippen LogP contribution in [0, 0.1) is 23.4 Å². The van der Waals surface area contributed by atoms with E-state index in [1.165, 1.54) is 7.05 Å². The number of benzene rings is 3. The van der Waals surface area contributed by atoms with E-state index >= 15 is 0 Å². The molecular weight excluding hydrogens is 605 g/mol. The zero-order chi connectivity index (χ0) is 31.3. The summed E-state index contributed by atoms with van der Waals surface area (Å²) >= 11 is 0. The van der Waals surface area contributed by atoms with Crippen LogP contribution in [-0.4, -0.2) is 33.7 Å². The van der Waals surface area contributed by atoms with Gasteiger partial charge in [0.2, 0.25) is 5.91 Å². The van der Waals surface area contributed by atoms with Gasteiger partial charge in [0.25, 0.3) is 5.60 Å². The second-order valence-corrected chi connectivity index (χ2v) is 11.7. The Hall–Kier alpha value is -3.59. The molecule has 3 aromatic carbocycles. The summed E-state index contributed by atoms with van der Waals surface area (Å²) in [6.45, 7) is -1.76. The lowest BCUT2D eigenvalue weighted by atomic mass is 9.90. The van der Waals surface area contributed by atoms with E-state index < -0.39 is 84.4 Å². The van der Waals surface area contributed by atoms with Gasteiger partial charge in [-0.3, -0.25) is 4.79 Å². The standard InChI is InChI=1S/C27H20F9NO4S/c1-37-23(38)20-13-24(20,42(39,40)18-11-9-17(28)10-12-18)15-5-7-16(8-6-15)25(26(31,32)33,27(34,35)36)41-14-19-21(29)3-2-4-22(19)30/h2-12,20H,13-14H2,1H3,(H,37,38)/t20-,24-/m1/s1. The number of nitrogens with one attached hydrogen (secondary N) is 1. The number of carbonyl (C=O) groups excluding carboxylic acids is 1. The minimum Gasteiger partial charge on any atom is -0.359 e. The van der Waals surface area contributed by atoms with Gasteiger partial charge in [0.1, 0.15) is 22.2 Å². The molecule has 0 saturated heterocycles. The summed E-state index contributed by atoms with van der Waals surface area (Å²) in [6, 6.07) is 7.60. The largest absolute Gasteiger partial charge is 0.430 e. The molecule has 5 nitrogen and oxygen atoms in total. The van der Waals surface area contributed by atoms with Crippen LogP contribution in [0.15, 0.2) is 71.6 Å². The molecule has 0 aromatic heterocycles. The fourth-order valence-electron chi connectivity index (χ4n) is 4.89. The Morgan fingerprint density at radius 3 is 1.88 bits per heavy atom. The number of rotatable bonds is 8. The summed E-state index contributed by atoms with van der Waals surface area (Å²) in [4.78, 5) is 12.0. The summed E-state index contributed by atoms with van der Waals surface area (Å²) < 4.78 is 156. The van der Waals surface area contributed by atoms with Gasteiger partial charge in [-0.25, -0.2) is 21.6 Å². The number of sulfone groups is 1. The van der Waals surface area contributed by atoms with Gasteiger partial charge in [-0.1, -0.05) is 30.3 Å². The third kappa shape index (κ3) is 4.91. The van der Waals surface area contributed by atoms with E-state index in [1.54, 1.807) is 0 Å². The Balaban J connectivity index is 1.84. The molecule has 0 heterocycles. The summed E-state index contributed by atoms with van der Waals surface area (Å²) in [5.74, 6) is -5.70. The maximum Gasteiger partial charge on any atom is 0.430 e. The molecule has 42 heavy (non-hydrogen) atoms. The predicted octanol–water partition coefficient (Wildman–Crippen LogP) is 6.08. The Morgan fingerprint density at radius 2 is 1.40 bits per heavy atom. The molecule has 1 amide bonds. The SMILES string of the molecule is CNC(=O)[C@H]1C[C@]1(c1ccc(C(OCc2c(F)cccc2F)(C(F)(F)F)C(F)(F)F)cc1)S(=O)(=O)c1ccc(F)cc1. The molecule has 15 heteroatoms. The zero-order valence-corrected chi connectivity index (χ0v) is 22.1. The maximum absolute atomic E-state index is 14.3. The minimum atomic E-state index is -6.21. The lowest BCUT2D eigenvalue weighted by Crippen LogP contribution is -2.56. The predicted molar refractivity (Wildman–Crippen MR) is 129 cm³/mol. The highest BCUT2D eigenvalue weighted by atomic mass is 32.2. The molecule has 3 aromatic rings. The lowest BCUT2D eigenvalue weighted by molar-refractivity contribution is -0.392. The second-order valence-electron chi connectivity index (χ2n) is 9.46. The normalized spacial score (nSPS) is 19.4. The summed E-state index contributed by atoms with van der Waals surface area (Å²) in [5, 5.41) is 2.26. The van der Waals surface area contributed by atoms with Crippen molar-refractivity contribution in [2.24, 2.45) is 5.92 Å². The number of ether oxygens (including phenoxy) is 1. The van der Waals surface area contributed by atoms with Crippen LogP contribution in [0.2, 0.25) is 0 Å². The van der Waals surface area contributed by atoms with Crippen LogP contribution < -0.4 is 5.32 Å². The fraction of sp³-hybridized carbons (Fsp3) is 0.296. The van der Waals surface area contributed by atoms with Crippen molar-refractivity contribution < 1.29 is 57.5 Å². The van der Waals surface area contributed by atoms with Gasteiger partial charge < -0.3 is 10.1 Å². The van der Waals surface area contributed by atoms with E-state index in [9.17, 15) is 52.7 Å². The molecule has 0 spiro atoms. The molecule has 0 radical (unpaired) electrons. The van der Waals surface area contributed by atoms with E-state index in [1.807, 2.05) is 0 Å². The number of hydrogen-bond acceptors (Lipinski definition) is 4. The number of hydrogen-bond donors (Lipinski definition) is 1. The van der Waals surface area contributed by atoms with Crippen LogP contribution in [0.3, 0.4) is 0 Å². The van der Waals surface area contributed by atoms with E-state index in [-0.39, 0.29) is 12.0 Å². The smallest absolute Gasteiger partial charge is 0.359 e. The molecule has 0 unspecified atom stereocenters. The first-order valence-electron chi connectivity index (χ1n) is 12.0. The van der Waals surface area contributed by atoms with Crippen molar-refractivity contribution in [3.63, 3.8) is 0 Å². The molecule has 2 atom stereocenters. The van der Waals surface area contributed by atoms with Gasteiger partial charge in [0.05, 0.1) is 17.4 Å². The molecule has 0 aliphatic heterocycles. The van der Waals surface area contributed by atoms with Gasteiger partial charge >= 0.3 is 12.4 Å². The molecule has 0 bridgehead atoms. The van der Waals surface area contributed by atoms with Crippen molar-refractivity contribution in [2.75, 3.05) is 7.05 Å². The van der Waals surface area contributed by atoms with E-state index in [2.05, 4.69) is 10.1 Å². The van der Waals surface area contributed by atoms with Crippen molar-refractivity contribution in [1.29, 1.82) is 0 Å². The Labute approximate surface area is 233 Å². The molecular formula is C27H20F9NO4S. The highest BCUT2D eigenvalue weighted by molar-refractivity contribution is 7.92. The lowest BCUT2D eigenvalue weighted by Gasteiger charge is -2.37. The van der Waals surface area contributed by atoms with Crippen LogP contribution in [0.4, 0.5) is 39.5 Å². The van der Waals surface area contributed by atoms with Crippen molar-refractivity contribution in [2.45, 2.75) is 40.6 Å². The van der Waals surface area contributed by atoms with Gasteiger partial charge in [0, 0.05) is 18.2 Å². The Morgan fingerprint density at radius 1 is 0.881 bits per heavy atom. The Kier molecular flexibility index (Phi) is 7.91. The van der Waals surface area contributed by atoms with Gasteiger partial charge in [-0.2, -0.15) is 26.3 Å². The van der Waals surface area contributed by atoms with Crippen LogP contribution in [0.25, 0.3) is 0 Å². The average molecular weight is 626 g/mol. The van der Waals surface area contributed by atoms with E-state index in [4.69, 9.17) is 0 Å². The van der Waals surface area contributed by atoms with Crippen molar-refractivity contribution in [3.8, 4) is 0 Å². The zero-order valence-electron chi connectivity index (χ0n) is 21.3. The van der Waals surface area contributed by atoms with E-state index in [0.29, 0.717) is 36.4 Å². The van der Waals surface area contributed by atoms with Gasteiger partial charge in [-0.15, -0.1) is 0 Å². The van der Waals surface area contributed by atoms with Gasteiger partial charge in [0.15, 0.2) is 9.84 Å². The molecule has 1 N–H and O–H groups in total. The van der Waals surface area contributed by atoms with Gasteiger partial charge in [-0.05, 0) is 48.4 Å². The topological polar surface area (TPSA) is 72.5 Å². The number of halogens is 9. The fourth-order valence-corrected chi connectivity index (χ4v) is 7.12. The molecule has 1 fully saturated rings. The van der Waals surface area contributed by atoms with E-state index in [0.717, 1.165) is 30.3 Å². The van der Waals surface area contributed by atoms with Crippen molar-refractivity contribution in [3.05, 3.63) is 101 Å². The molecule has 1 saturated carbocycles. The van der Waals surface area contributed by atoms with Crippen LogP contribution in [0.1, 0.15) is 23.1 Å².